The molecule has 104 valence electrons. The molecule has 0 spiro atoms. The zero-order valence-corrected chi connectivity index (χ0v) is 11.5. The smallest absolute Gasteiger partial charge is 0.257 e. The quantitative estimate of drug-likeness (QED) is 0.862. The lowest BCUT2D eigenvalue weighted by Gasteiger charge is -2.31. The van der Waals surface area contributed by atoms with Crippen LogP contribution in [0, 0.1) is 12.8 Å². The van der Waals surface area contributed by atoms with E-state index in [1.54, 1.807) is 6.20 Å². The highest BCUT2D eigenvalue weighted by Crippen LogP contribution is 2.22. The first-order chi connectivity index (χ1) is 9.15. The summed E-state index contributed by atoms with van der Waals surface area (Å²) in [6.45, 7) is 3.54. The second-order valence-electron chi connectivity index (χ2n) is 5.04. The maximum absolute atomic E-state index is 12.5. The Labute approximate surface area is 113 Å². The maximum atomic E-state index is 12.5. The third-order valence-corrected chi connectivity index (χ3v) is 3.70. The number of amides is 1. The van der Waals surface area contributed by atoms with Crippen molar-refractivity contribution in [1.82, 2.24) is 9.88 Å². The normalized spacial score (nSPS) is 16.5. The van der Waals surface area contributed by atoms with Gasteiger partial charge in [-0.1, -0.05) is 0 Å². The molecule has 1 aromatic rings. The van der Waals surface area contributed by atoms with Gasteiger partial charge in [0.1, 0.15) is 0 Å². The summed E-state index contributed by atoms with van der Waals surface area (Å²) in [6.07, 6.45) is 3.38. The maximum Gasteiger partial charge on any atom is 0.257 e. The number of aliphatic hydroxyl groups is 1. The van der Waals surface area contributed by atoms with Crippen molar-refractivity contribution in [3.05, 3.63) is 23.5 Å². The van der Waals surface area contributed by atoms with E-state index < -0.39 is 0 Å². The Morgan fingerprint density at radius 1 is 1.53 bits per heavy atom. The van der Waals surface area contributed by atoms with Gasteiger partial charge in [0.25, 0.3) is 5.91 Å². The van der Waals surface area contributed by atoms with Gasteiger partial charge in [0, 0.05) is 38.6 Å². The van der Waals surface area contributed by atoms with Crippen LogP contribution in [0.3, 0.4) is 0 Å². The third-order valence-electron chi connectivity index (χ3n) is 3.70. The summed E-state index contributed by atoms with van der Waals surface area (Å²) in [6, 6.07) is 1.88. The third kappa shape index (κ3) is 3.04. The van der Waals surface area contributed by atoms with E-state index in [4.69, 9.17) is 5.11 Å². The zero-order valence-electron chi connectivity index (χ0n) is 11.5. The van der Waals surface area contributed by atoms with Crippen LogP contribution >= 0.6 is 0 Å². The number of likely N-dealkylation sites (tertiary alicyclic amines) is 1. The molecule has 0 atom stereocenters. The molecule has 5 nitrogen and oxygen atoms in total. The van der Waals surface area contributed by atoms with Crippen LogP contribution in [0.4, 0.5) is 5.69 Å². The molecule has 2 rings (SSSR count). The van der Waals surface area contributed by atoms with E-state index in [-0.39, 0.29) is 12.5 Å². The number of pyridine rings is 1. The molecule has 1 fully saturated rings. The molecule has 1 saturated heterocycles. The Morgan fingerprint density at radius 3 is 2.79 bits per heavy atom. The molecular weight excluding hydrogens is 242 g/mol. The van der Waals surface area contributed by atoms with E-state index in [2.05, 4.69) is 10.3 Å². The van der Waals surface area contributed by atoms with Crippen molar-refractivity contribution in [3.63, 3.8) is 0 Å². The van der Waals surface area contributed by atoms with Gasteiger partial charge in [-0.25, -0.2) is 0 Å². The van der Waals surface area contributed by atoms with Gasteiger partial charge in [-0.2, -0.15) is 0 Å². The summed E-state index contributed by atoms with van der Waals surface area (Å²) in [4.78, 5) is 18.5. The molecule has 19 heavy (non-hydrogen) atoms. The van der Waals surface area contributed by atoms with Gasteiger partial charge in [-0.05, 0) is 31.7 Å². The number of hydrogen-bond donors (Lipinski definition) is 2. The number of nitrogens with zero attached hydrogens (tertiary/aromatic N) is 2. The van der Waals surface area contributed by atoms with E-state index in [0.29, 0.717) is 24.6 Å². The molecule has 0 radical (unpaired) electrons. The monoisotopic (exact) mass is 263 g/mol. The number of aliphatic hydroxyl groups excluding tert-OH is 1. The standard InChI is InChI=1S/C14H21N3O2/c1-10-7-13(15-2)12(8-16-10)14(19)17-5-3-11(9-18)4-6-17/h7-8,11,18H,3-6,9H2,1-2H3,(H,15,16). The average molecular weight is 263 g/mol. The van der Waals surface area contributed by atoms with Crippen LogP contribution in [0.2, 0.25) is 0 Å². The minimum Gasteiger partial charge on any atom is -0.396 e. The first kappa shape index (κ1) is 13.8. The fourth-order valence-electron chi connectivity index (χ4n) is 2.43. The molecule has 1 aliphatic rings. The Kier molecular flexibility index (Phi) is 4.37. The minimum absolute atomic E-state index is 0.0215. The van der Waals surface area contributed by atoms with Gasteiger partial charge in [0.05, 0.1) is 11.3 Å². The predicted octanol–water partition coefficient (Wildman–Crippen LogP) is 1.28. The van der Waals surface area contributed by atoms with Crippen molar-refractivity contribution >= 4 is 11.6 Å². The topological polar surface area (TPSA) is 65.5 Å². The van der Waals surface area contributed by atoms with Crippen LogP contribution in [0.25, 0.3) is 0 Å². The number of carbonyl (C=O) groups excluding carboxylic acids is 1. The Hall–Kier alpha value is -1.62. The zero-order chi connectivity index (χ0) is 13.8. The van der Waals surface area contributed by atoms with Crippen LogP contribution in [0.5, 0.6) is 0 Å². The lowest BCUT2D eigenvalue weighted by molar-refractivity contribution is 0.0651. The number of carbonyl (C=O) groups is 1. The van der Waals surface area contributed by atoms with Crippen molar-refractivity contribution in [3.8, 4) is 0 Å². The van der Waals surface area contributed by atoms with Crippen LogP contribution in [-0.2, 0) is 0 Å². The number of hydrogen-bond acceptors (Lipinski definition) is 4. The van der Waals surface area contributed by atoms with Crippen LogP contribution in [0.15, 0.2) is 12.3 Å². The number of rotatable bonds is 3. The Balaban J connectivity index is 2.12. The molecule has 0 unspecified atom stereocenters. The summed E-state index contributed by atoms with van der Waals surface area (Å²) in [5.41, 5.74) is 2.33. The van der Waals surface area contributed by atoms with Crippen LogP contribution < -0.4 is 5.32 Å². The van der Waals surface area contributed by atoms with Crippen molar-refractivity contribution in [1.29, 1.82) is 0 Å². The van der Waals surface area contributed by atoms with E-state index in [1.165, 1.54) is 0 Å². The average Bonchev–Trinajstić information content (AvgIpc) is 2.46. The van der Waals surface area contributed by atoms with Gasteiger partial charge < -0.3 is 15.3 Å². The molecule has 2 heterocycles. The molecule has 0 aromatic carbocycles. The fourth-order valence-corrected chi connectivity index (χ4v) is 2.43. The molecule has 0 saturated carbocycles. The highest BCUT2D eigenvalue weighted by Gasteiger charge is 2.24. The molecule has 0 aliphatic carbocycles. The first-order valence-corrected chi connectivity index (χ1v) is 6.70. The van der Waals surface area contributed by atoms with Crippen molar-refractivity contribution in [2.75, 3.05) is 32.1 Å². The highest BCUT2D eigenvalue weighted by molar-refractivity contribution is 5.99. The minimum atomic E-state index is 0.0215. The fraction of sp³-hybridized carbons (Fsp3) is 0.571. The predicted molar refractivity (Wildman–Crippen MR) is 74.2 cm³/mol. The van der Waals surface area contributed by atoms with Gasteiger partial charge in [-0.15, -0.1) is 0 Å². The van der Waals surface area contributed by atoms with E-state index in [0.717, 1.165) is 24.2 Å². The summed E-state index contributed by atoms with van der Waals surface area (Å²) in [5.74, 6) is 0.359. The second kappa shape index (κ2) is 6.02. The Morgan fingerprint density at radius 2 is 2.21 bits per heavy atom. The van der Waals surface area contributed by atoms with Crippen molar-refractivity contribution < 1.29 is 9.90 Å². The molecule has 0 bridgehead atoms. The van der Waals surface area contributed by atoms with Gasteiger partial charge in [-0.3, -0.25) is 9.78 Å². The van der Waals surface area contributed by atoms with Crippen LogP contribution in [0.1, 0.15) is 28.9 Å². The van der Waals surface area contributed by atoms with Crippen molar-refractivity contribution in [2.45, 2.75) is 19.8 Å². The summed E-state index contributed by atoms with van der Waals surface area (Å²) in [5, 5.41) is 12.2. The number of piperidine rings is 1. The lowest BCUT2D eigenvalue weighted by atomic mass is 9.97. The second-order valence-corrected chi connectivity index (χ2v) is 5.04. The van der Waals surface area contributed by atoms with E-state index in [9.17, 15) is 4.79 Å². The Bertz CT molecular complexity index is 454. The van der Waals surface area contributed by atoms with Crippen LogP contribution in [-0.4, -0.2) is 47.6 Å². The lowest BCUT2D eigenvalue weighted by Crippen LogP contribution is -2.39. The molecule has 2 N–H and O–H groups in total. The molecule has 5 heteroatoms. The first-order valence-electron chi connectivity index (χ1n) is 6.70. The SMILES string of the molecule is CNc1cc(C)ncc1C(=O)N1CCC(CO)CC1. The highest BCUT2D eigenvalue weighted by atomic mass is 16.3. The number of aromatic nitrogens is 1. The number of nitrogens with one attached hydrogen (secondary N) is 1. The number of aryl methyl sites for hydroxylation is 1. The largest absolute Gasteiger partial charge is 0.396 e. The van der Waals surface area contributed by atoms with E-state index >= 15 is 0 Å². The van der Waals surface area contributed by atoms with Gasteiger partial charge in [0.15, 0.2) is 0 Å². The molecule has 1 amide bonds. The molecular formula is C14H21N3O2. The number of anilines is 1. The molecule has 1 aliphatic heterocycles. The summed E-state index contributed by atoms with van der Waals surface area (Å²) in [7, 11) is 1.81. The van der Waals surface area contributed by atoms with E-state index in [1.807, 2.05) is 24.9 Å². The molecule has 1 aromatic heterocycles. The van der Waals surface area contributed by atoms with Gasteiger partial charge in [0.2, 0.25) is 0 Å². The van der Waals surface area contributed by atoms with Crippen molar-refractivity contribution in [2.24, 2.45) is 5.92 Å². The van der Waals surface area contributed by atoms with Gasteiger partial charge >= 0.3 is 0 Å². The summed E-state index contributed by atoms with van der Waals surface area (Å²) < 4.78 is 0. The summed E-state index contributed by atoms with van der Waals surface area (Å²) >= 11 is 0.